The van der Waals surface area contributed by atoms with Crippen LogP contribution in [0, 0.1) is 0 Å². The molecule has 2 aromatic rings. The summed E-state index contributed by atoms with van der Waals surface area (Å²) in [5, 5.41) is 8.42. The smallest absolute Gasteiger partial charge is 0.276 e. The molecule has 1 fully saturated rings. The second kappa shape index (κ2) is 5.87. The molecule has 0 aliphatic carbocycles. The zero-order valence-electron chi connectivity index (χ0n) is 12.0. The van der Waals surface area contributed by atoms with Crippen LogP contribution in [0.3, 0.4) is 0 Å². The van der Waals surface area contributed by atoms with Crippen molar-refractivity contribution in [2.75, 3.05) is 31.9 Å². The zero-order valence-corrected chi connectivity index (χ0v) is 12.8. The van der Waals surface area contributed by atoms with E-state index in [1.807, 2.05) is 4.90 Å². The van der Waals surface area contributed by atoms with Crippen LogP contribution in [0.15, 0.2) is 23.0 Å². The fourth-order valence-electron chi connectivity index (χ4n) is 2.57. The standard InChI is InChI=1S/C14H19N5OS/c1-17-9-12(15)13(16-17)14(20)19-5-3-18(4-6-19)8-11-2-7-21-10-11/h2,7,9-10H,3-6,8,15H2,1H3. The lowest BCUT2D eigenvalue weighted by Gasteiger charge is -2.34. The van der Waals surface area contributed by atoms with Crippen LogP contribution in [-0.4, -0.2) is 51.7 Å². The Morgan fingerprint density at radius 3 is 2.71 bits per heavy atom. The second-order valence-corrected chi connectivity index (χ2v) is 6.09. The van der Waals surface area contributed by atoms with Gasteiger partial charge in [-0.2, -0.15) is 16.4 Å². The average molecular weight is 305 g/mol. The number of carbonyl (C=O) groups excluding carboxylic acids is 1. The molecular weight excluding hydrogens is 286 g/mol. The quantitative estimate of drug-likeness (QED) is 0.919. The van der Waals surface area contributed by atoms with Crippen molar-refractivity contribution < 1.29 is 4.79 Å². The molecule has 2 N–H and O–H groups in total. The summed E-state index contributed by atoms with van der Waals surface area (Å²) < 4.78 is 1.58. The van der Waals surface area contributed by atoms with Crippen LogP contribution in [0.1, 0.15) is 16.1 Å². The molecule has 2 aromatic heterocycles. The Morgan fingerprint density at radius 2 is 2.14 bits per heavy atom. The maximum atomic E-state index is 12.4. The molecule has 0 radical (unpaired) electrons. The van der Waals surface area contributed by atoms with Gasteiger partial charge in [-0.05, 0) is 22.4 Å². The zero-order chi connectivity index (χ0) is 14.8. The Hall–Kier alpha value is -1.86. The summed E-state index contributed by atoms with van der Waals surface area (Å²) in [7, 11) is 1.77. The van der Waals surface area contributed by atoms with Crippen LogP contribution in [0.4, 0.5) is 5.69 Å². The molecule has 21 heavy (non-hydrogen) atoms. The summed E-state index contributed by atoms with van der Waals surface area (Å²) in [6.07, 6.45) is 1.67. The maximum absolute atomic E-state index is 12.4. The van der Waals surface area contributed by atoms with Gasteiger partial charge in [0.1, 0.15) is 0 Å². The molecule has 0 bridgehead atoms. The number of nitrogens with two attached hydrogens (primary N) is 1. The Morgan fingerprint density at radius 1 is 1.38 bits per heavy atom. The Kier molecular flexibility index (Phi) is 3.94. The number of aromatic nitrogens is 2. The topological polar surface area (TPSA) is 67.4 Å². The SMILES string of the molecule is Cn1cc(N)c(C(=O)N2CCN(Cc3ccsc3)CC2)n1. The molecule has 7 heteroatoms. The van der Waals surface area contributed by atoms with E-state index in [2.05, 4.69) is 26.8 Å². The van der Waals surface area contributed by atoms with Crippen molar-refractivity contribution >= 4 is 22.9 Å². The van der Waals surface area contributed by atoms with E-state index in [1.54, 1.807) is 29.3 Å². The van der Waals surface area contributed by atoms with Crippen molar-refractivity contribution in [1.82, 2.24) is 19.6 Å². The summed E-state index contributed by atoms with van der Waals surface area (Å²) in [5.74, 6) is -0.0664. The molecule has 1 saturated heterocycles. The van der Waals surface area contributed by atoms with Crippen molar-refractivity contribution in [3.63, 3.8) is 0 Å². The van der Waals surface area contributed by atoms with Crippen LogP contribution in [0.2, 0.25) is 0 Å². The van der Waals surface area contributed by atoms with E-state index in [9.17, 15) is 4.79 Å². The van der Waals surface area contributed by atoms with Gasteiger partial charge in [0.25, 0.3) is 5.91 Å². The number of nitrogen functional groups attached to an aromatic ring is 1. The number of nitrogens with zero attached hydrogens (tertiary/aromatic N) is 4. The van der Waals surface area contributed by atoms with E-state index < -0.39 is 0 Å². The van der Waals surface area contributed by atoms with Gasteiger partial charge in [0.15, 0.2) is 5.69 Å². The molecule has 0 aromatic carbocycles. The summed E-state index contributed by atoms with van der Waals surface area (Å²) in [6, 6.07) is 2.15. The highest BCUT2D eigenvalue weighted by Crippen LogP contribution is 2.15. The molecule has 3 rings (SSSR count). The third kappa shape index (κ3) is 3.08. The van der Waals surface area contributed by atoms with Crippen LogP contribution >= 0.6 is 11.3 Å². The van der Waals surface area contributed by atoms with Crippen molar-refractivity contribution in [2.45, 2.75) is 6.54 Å². The number of anilines is 1. The van der Waals surface area contributed by atoms with Gasteiger partial charge >= 0.3 is 0 Å². The molecule has 0 saturated carbocycles. The fraction of sp³-hybridized carbons (Fsp3) is 0.429. The van der Waals surface area contributed by atoms with E-state index in [-0.39, 0.29) is 5.91 Å². The minimum absolute atomic E-state index is 0.0664. The Balaban J connectivity index is 1.58. The lowest BCUT2D eigenvalue weighted by Crippen LogP contribution is -2.48. The van der Waals surface area contributed by atoms with Gasteiger partial charge in [0, 0.05) is 46.0 Å². The molecule has 112 valence electrons. The number of rotatable bonds is 3. The van der Waals surface area contributed by atoms with E-state index >= 15 is 0 Å². The highest BCUT2D eigenvalue weighted by Gasteiger charge is 2.25. The minimum Gasteiger partial charge on any atom is -0.396 e. The summed E-state index contributed by atoms with van der Waals surface area (Å²) in [4.78, 5) is 16.6. The molecule has 1 amide bonds. The number of hydrogen-bond donors (Lipinski definition) is 1. The maximum Gasteiger partial charge on any atom is 0.276 e. The molecule has 1 aliphatic rings. The Bertz CT molecular complexity index is 613. The fourth-order valence-corrected chi connectivity index (χ4v) is 3.23. The van der Waals surface area contributed by atoms with Gasteiger partial charge in [-0.3, -0.25) is 14.4 Å². The van der Waals surface area contributed by atoms with Crippen molar-refractivity contribution in [3.05, 3.63) is 34.3 Å². The summed E-state index contributed by atoms with van der Waals surface area (Å²) in [5.41, 5.74) is 7.98. The first-order valence-corrected chi connectivity index (χ1v) is 7.89. The lowest BCUT2D eigenvalue weighted by molar-refractivity contribution is 0.0623. The third-order valence-electron chi connectivity index (χ3n) is 3.71. The van der Waals surface area contributed by atoms with E-state index in [0.717, 1.165) is 32.7 Å². The van der Waals surface area contributed by atoms with Crippen LogP contribution in [0.5, 0.6) is 0 Å². The average Bonchev–Trinajstić information content (AvgIpc) is 3.08. The first-order valence-electron chi connectivity index (χ1n) is 6.95. The lowest BCUT2D eigenvalue weighted by atomic mass is 10.2. The normalized spacial score (nSPS) is 16.3. The number of thiophene rings is 1. The molecule has 0 atom stereocenters. The molecule has 0 spiro atoms. The molecule has 3 heterocycles. The molecular formula is C14H19N5OS. The highest BCUT2D eigenvalue weighted by atomic mass is 32.1. The van der Waals surface area contributed by atoms with Gasteiger partial charge in [-0.1, -0.05) is 0 Å². The Labute approximate surface area is 127 Å². The van der Waals surface area contributed by atoms with E-state index in [1.165, 1.54) is 5.56 Å². The number of aryl methyl sites for hydroxylation is 1. The highest BCUT2D eigenvalue weighted by molar-refractivity contribution is 7.07. The first kappa shape index (κ1) is 14.1. The van der Waals surface area contributed by atoms with E-state index in [0.29, 0.717) is 11.4 Å². The van der Waals surface area contributed by atoms with Crippen LogP contribution in [-0.2, 0) is 13.6 Å². The minimum atomic E-state index is -0.0664. The summed E-state index contributed by atoms with van der Waals surface area (Å²) in [6.45, 7) is 4.16. The number of carbonyl (C=O) groups is 1. The van der Waals surface area contributed by atoms with Crippen LogP contribution < -0.4 is 5.73 Å². The van der Waals surface area contributed by atoms with E-state index in [4.69, 9.17) is 5.73 Å². The monoisotopic (exact) mass is 305 g/mol. The summed E-state index contributed by atoms with van der Waals surface area (Å²) >= 11 is 1.72. The van der Waals surface area contributed by atoms with Crippen molar-refractivity contribution in [2.24, 2.45) is 7.05 Å². The largest absolute Gasteiger partial charge is 0.396 e. The number of piperazine rings is 1. The van der Waals surface area contributed by atoms with Gasteiger partial charge in [0.05, 0.1) is 5.69 Å². The number of hydrogen-bond acceptors (Lipinski definition) is 5. The van der Waals surface area contributed by atoms with Crippen LogP contribution in [0.25, 0.3) is 0 Å². The second-order valence-electron chi connectivity index (χ2n) is 5.31. The predicted octanol–water partition coefficient (Wildman–Crippen LogP) is 1.02. The van der Waals surface area contributed by atoms with Gasteiger partial charge in [-0.25, -0.2) is 0 Å². The van der Waals surface area contributed by atoms with Gasteiger partial charge < -0.3 is 10.6 Å². The molecule has 0 unspecified atom stereocenters. The number of amides is 1. The third-order valence-corrected chi connectivity index (χ3v) is 4.44. The first-order chi connectivity index (χ1) is 10.1. The molecule has 1 aliphatic heterocycles. The molecule has 6 nitrogen and oxygen atoms in total. The van der Waals surface area contributed by atoms with Gasteiger partial charge in [0.2, 0.25) is 0 Å². The van der Waals surface area contributed by atoms with Crippen molar-refractivity contribution in [3.8, 4) is 0 Å². The predicted molar refractivity (Wildman–Crippen MR) is 83.1 cm³/mol. The van der Waals surface area contributed by atoms with Crippen molar-refractivity contribution in [1.29, 1.82) is 0 Å². The van der Waals surface area contributed by atoms with Gasteiger partial charge in [-0.15, -0.1) is 0 Å².